The second kappa shape index (κ2) is 12.3. The summed E-state index contributed by atoms with van der Waals surface area (Å²) in [6, 6.07) is 59.5. The van der Waals surface area contributed by atoms with Crippen LogP contribution in [0, 0.1) is 0 Å². The van der Waals surface area contributed by atoms with Gasteiger partial charge in [-0.3, -0.25) is 0 Å². The van der Waals surface area contributed by atoms with Crippen LogP contribution < -0.4 is 10.4 Å². The van der Waals surface area contributed by atoms with Crippen LogP contribution in [-0.4, -0.2) is 8.07 Å². The Bertz CT molecular complexity index is 1960. The van der Waals surface area contributed by atoms with Crippen LogP contribution in [0.25, 0.3) is 32.6 Å². The van der Waals surface area contributed by atoms with Crippen molar-refractivity contribution in [1.29, 1.82) is 0 Å². The van der Waals surface area contributed by atoms with Gasteiger partial charge in [0.25, 0.3) is 0 Å². The molecule has 0 fully saturated rings. The Balaban J connectivity index is 1.57. The highest BCUT2D eigenvalue weighted by Gasteiger charge is 2.52. The Morgan fingerprint density at radius 1 is 0.404 bits per heavy atom. The Morgan fingerprint density at radius 3 is 1.13 bits per heavy atom. The van der Waals surface area contributed by atoms with Gasteiger partial charge in [0.1, 0.15) is 0 Å². The summed E-state index contributed by atoms with van der Waals surface area (Å²) in [5.41, 5.74) is 14.4. The summed E-state index contributed by atoms with van der Waals surface area (Å²) in [4.78, 5) is 0. The van der Waals surface area contributed by atoms with Gasteiger partial charge in [-0.1, -0.05) is 183 Å². The molecule has 0 bridgehead atoms. The van der Waals surface area contributed by atoms with E-state index < -0.39 is 8.07 Å². The molecule has 0 radical (unpaired) electrons. The maximum Gasteiger partial charge on any atom is 0.180 e. The van der Waals surface area contributed by atoms with Gasteiger partial charge in [0, 0.05) is 0 Å². The fraction of sp³-hybridized carbons (Fsp3) is 0.130. The molecule has 2 aliphatic carbocycles. The van der Waals surface area contributed by atoms with Crippen molar-refractivity contribution in [3.05, 3.63) is 191 Å². The van der Waals surface area contributed by atoms with Crippen molar-refractivity contribution in [3.63, 3.8) is 0 Å². The Kier molecular flexibility index (Phi) is 7.71. The first kappa shape index (κ1) is 29.4. The van der Waals surface area contributed by atoms with Crippen molar-refractivity contribution in [2.75, 3.05) is 0 Å². The van der Waals surface area contributed by atoms with E-state index in [4.69, 9.17) is 0 Å². The smallest absolute Gasteiger partial charge is 0.0651 e. The fourth-order valence-corrected chi connectivity index (χ4v) is 14.6. The molecular weight excluding hydrogens is 581 g/mol. The third-order valence-corrected chi connectivity index (χ3v) is 15.6. The molecule has 0 saturated heterocycles. The molecular formula is C46H40Si. The minimum absolute atomic E-state index is 1.01. The van der Waals surface area contributed by atoms with E-state index in [2.05, 4.69) is 172 Å². The minimum atomic E-state index is -2.92. The maximum absolute atomic E-state index is 2.92. The molecule has 0 saturated carbocycles. The van der Waals surface area contributed by atoms with Crippen molar-refractivity contribution in [1.82, 2.24) is 0 Å². The predicted octanol–water partition coefficient (Wildman–Crippen LogP) is 10.5. The first-order valence-corrected chi connectivity index (χ1v) is 19.2. The summed E-state index contributed by atoms with van der Waals surface area (Å²) in [5, 5.41) is 6.17. The molecule has 0 N–H and O–H groups in total. The molecule has 0 unspecified atom stereocenters. The van der Waals surface area contributed by atoms with E-state index in [-0.39, 0.29) is 0 Å². The van der Waals surface area contributed by atoms with Gasteiger partial charge in [-0.05, 0) is 91.0 Å². The molecule has 0 aromatic heterocycles. The number of fused-ring (bicyclic) bond motifs is 2. The lowest BCUT2D eigenvalue weighted by atomic mass is 9.97. The number of hydrogen-bond donors (Lipinski definition) is 0. The zero-order valence-corrected chi connectivity index (χ0v) is 28.3. The third kappa shape index (κ3) is 4.72. The van der Waals surface area contributed by atoms with Gasteiger partial charge >= 0.3 is 0 Å². The summed E-state index contributed by atoms with van der Waals surface area (Å²) < 4.78 is 0. The summed E-state index contributed by atoms with van der Waals surface area (Å²) in [6.45, 7) is 4.76. The van der Waals surface area contributed by atoms with E-state index in [1.165, 1.54) is 54.9 Å². The first-order chi connectivity index (χ1) is 23.3. The number of rotatable bonds is 8. The molecule has 228 valence electrons. The van der Waals surface area contributed by atoms with Crippen LogP contribution in [0.15, 0.2) is 169 Å². The Labute approximate surface area is 280 Å². The van der Waals surface area contributed by atoms with Gasteiger partial charge in [0.05, 0.1) is 0 Å². The number of allylic oxidation sites excluding steroid dienone is 2. The van der Waals surface area contributed by atoms with Gasteiger partial charge in [-0.15, -0.1) is 0 Å². The molecule has 0 atom stereocenters. The maximum atomic E-state index is 2.45. The van der Waals surface area contributed by atoms with Gasteiger partial charge in [0.15, 0.2) is 8.07 Å². The van der Waals surface area contributed by atoms with E-state index >= 15 is 0 Å². The molecule has 0 heterocycles. The van der Waals surface area contributed by atoms with Crippen LogP contribution in [0.4, 0.5) is 0 Å². The van der Waals surface area contributed by atoms with E-state index in [9.17, 15) is 0 Å². The molecule has 0 aliphatic heterocycles. The Morgan fingerprint density at radius 2 is 0.766 bits per heavy atom. The molecule has 6 aromatic carbocycles. The normalized spacial score (nSPS) is 14.0. The fourth-order valence-electron chi connectivity index (χ4n) is 8.55. The molecule has 0 nitrogen and oxygen atoms in total. The second-order valence-electron chi connectivity index (χ2n) is 12.9. The monoisotopic (exact) mass is 620 g/mol. The highest BCUT2D eigenvalue weighted by Crippen LogP contribution is 2.53. The largest absolute Gasteiger partial charge is 0.180 e. The van der Waals surface area contributed by atoms with E-state index in [0.717, 1.165) is 25.7 Å². The minimum Gasteiger partial charge on any atom is -0.0651 e. The average Bonchev–Trinajstić information content (AvgIpc) is 3.73. The topological polar surface area (TPSA) is 0 Å². The summed E-state index contributed by atoms with van der Waals surface area (Å²) >= 11 is 0. The predicted molar refractivity (Wildman–Crippen MR) is 203 cm³/mol. The van der Waals surface area contributed by atoms with Crippen molar-refractivity contribution in [2.45, 2.75) is 39.5 Å². The average molecular weight is 621 g/mol. The highest BCUT2D eigenvalue weighted by atomic mass is 28.3. The van der Waals surface area contributed by atoms with Crippen LogP contribution in [0.2, 0.25) is 0 Å². The molecule has 8 rings (SSSR count). The van der Waals surface area contributed by atoms with Crippen LogP contribution in [0.5, 0.6) is 0 Å². The lowest BCUT2D eigenvalue weighted by Gasteiger charge is -2.40. The summed E-state index contributed by atoms with van der Waals surface area (Å²) in [5.74, 6) is 0. The quantitative estimate of drug-likeness (QED) is 0.149. The van der Waals surface area contributed by atoms with Crippen molar-refractivity contribution < 1.29 is 0 Å². The zero-order chi connectivity index (χ0) is 31.8. The lowest BCUT2D eigenvalue weighted by Crippen LogP contribution is -2.61. The van der Waals surface area contributed by atoms with E-state index in [1.54, 1.807) is 21.5 Å². The van der Waals surface area contributed by atoms with Crippen molar-refractivity contribution >= 4 is 28.8 Å². The SMILES string of the molecule is CCC1=C([Si](C2=C(CC)Cc3cccc(-c4ccccc4)c32)(c2ccccc2)c2ccccc2)c2c(cccc2-c2ccccc2)C1. The lowest BCUT2D eigenvalue weighted by molar-refractivity contribution is 1.03. The molecule has 0 spiro atoms. The van der Waals surface area contributed by atoms with E-state index in [1.807, 2.05) is 0 Å². The number of hydrogen-bond acceptors (Lipinski definition) is 0. The van der Waals surface area contributed by atoms with Crippen molar-refractivity contribution in [3.8, 4) is 22.3 Å². The standard InChI is InChI=1S/C46H40Si/c1-3-33-31-37-23-17-29-41(35-19-9-5-10-20-35)43(37)45(33)47(39-25-13-7-14-26-39,40-27-15-8-16-28-40)46-34(4-2)32-38-24-18-30-42(44(38)46)36-21-11-6-12-22-36/h5-30H,3-4,31-32H2,1-2H3. The summed E-state index contributed by atoms with van der Waals surface area (Å²) in [6.07, 6.45) is 4.10. The summed E-state index contributed by atoms with van der Waals surface area (Å²) in [7, 11) is -2.92. The number of benzene rings is 6. The molecule has 47 heavy (non-hydrogen) atoms. The van der Waals surface area contributed by atoms with Gasteiger partial charge in [0.2, 0.25) is 0 Å². The third-order valence-electron chi connectivity index (χ3n) is 10.5. The molecule has 1 heteroatoms. The van der Waals surface area contributed by atoms with Crippen LogP contribution >= 0.6 is 0 Å². The molecule has 2 aliphatic rings. The molecule has 6 aromatic rings. The second-order valence-corrected chi connectivity index (χ2v) is 16.6. The zero-order valence-electron chi connectivity index (χ0n) is 27.3. The van der Waals surface area contributed by atoms with Crippen LogP contribution in [0.1, 0.15) is 48.9 Å². The van der Waals surface area contributed by atoms with Gasteiger partial charge < -0.3 is 0 Å². The Hall–Kier alpha value is -4.98. The van der Waals surface area contributed by atoms with Crippen LogP contribution in [0.3, 0.4) is 0 Å². The highest BCUT2D eigenvalue weighted by molar-refractivity contribution is 7.26. The van der Waals surface area contributed by atoms with Gasteiger partial charge in [-0.2, -0.15) is 0 Å². The van der Waals surface area contributed by atoms with Crippen molar-refractivity contribution in [2.24, 2.45) is 0 Å². The van der Waals surface area contributed by atoms with E-state index in [0.29, 0.717) is 0 Å². The van der Waals surface area contributed by atoms with Gasteiger partial charge in [-0.25, -0.2) is 0 Å². The van der Waals surface area contributed by atoms with Crippen LogP contribution in [-0.2, 0) is 12.8 Å². The first-order valence-electron chi connectivity index (χ1n) is 17.2. The molecule has 0 amide bonds.